The van der Waals surface area contributed by atoms with Gasteiger partial charge < -0.3 is 15.4 Å². The highest BCUT2D eigenvalue weighted by Gasteiger charge is 2.35. The van der Waals surface area contributed by atoms with Crippen molar-refractivity contribution in [3.63, 3.8) is 0 Å². The fraction of sp³-hybridized carbons (Fsp3) is 0.500. The number of nitrogens with zero attached hydrogens (tertiary/aromatic N) is 2. The van der Waals surface area contributed by atoms with E-state index < -0.39 is 9.84 Å². The van der Waals surface area contributed by atoms with Gasteiger partial charge in [0.05, 0.1) is 10.6 Å². The van der Waals surface area contributed by atoms with Gasteiger partial charge >= 0.3 is 6.09 Å². The molecule has 1 amide bonds. The number of aromatic amines is 1. The van der Waals surface area contributed by atoms with Gasteiger partial charge in [0.25, 0.3) is 0 Å². The molecule has 10 heteroatoms. The minimum absolute atomic E-state index is 0.0487. The first-order valence-corrected chi connectivity index (χ1v) is 11.0. The highest BCUT2D eigenvalue weighted by molar-refractivity contribution is 7.91. The molecule has 0 aromatic carbocycles. The third kappa shape index (κ3) is 3.68. The molecule has 3 heterocycles. The molecule has 1 aliphatic heterocycles. The maximum absolute atomic E-state index is 12.0. The van der Waals surface area contributed by atoms with E-state index in [1.165, 1.54) is 6.20 Å². The summed E-state index contributed by atoms with van der Waals surface area (Å²) in [4.78, 5) is 16.3. The van der Waals surface area contributed by atoms with Gasteiger partial charge in [-0.05, 0) is 39.2 Å². The lowest BCUT2D eigenvalue weighted by molar-refractivity contribution is 0.0374. The second-order valence-electron chi connectivity index (χ2n) is 7.53. The Hall–Kier alpha value is -2.62. The quantitative estimate of drug-likeness (QED) is 0.696. The average molecular weight is 405 g/mol. The molecule has 150 valence electrons. The van der Waals surface area contributed by atoms with E-state index in [0.717, 1.165) is 18.5 Å². The number of hydrogen-bond donors (Lipinski definition) is 3. The van der Waals surface area contributed by atoms with Gasteiger partial charge in [0, 0.05) is 35.5 Å². The van der Waals surface area contributed by atoms with E-state index in [1.54, 1.807) is 6.07 Å². The van der Waals surface area contributed by atoms with Crippen molar-refractivity contribution in [3.05, 3.63) is 29.6 Å². The SMILES string of the molecule is CC(C)NC(=O)OC1CC(c2cc(Nc3nccc4c3CCS4(=O)=O)n[nH]2)C1. The minimum Gasteiger partial charge on any atom is -0.446 e. The number of hydrogen-bond acceptors (Lipinski definition) is 7. The Morgan fingerprint density at radius 3 is 2.89 bits per heavy atom. The van der Waals surface area contributed by atoms with Gasteiger partial charge in [-0.25, -0.2) is 18.2 Å². The number of anilines is 2. The van der Waals surface area contributed by atoms with Crippen molar-refractivity contribution in [2.24, 2.45) is 0 Å². The predicted molar refractivity (Wildman–Crippen MR) is 102 cm³/mol. The first-order valence-electron chi connectivity index (χ1n) is 9.32. The van der Waals surface area contributed by atoms with Gasteiger partial charge in [0.1, 0.15) is 11.9 Å². The standard InChI is InChI=1S/C18H23N5O4S/c1-10(2)20-18(24)27-12-7-11(8-12)14-9-16(23-22-14)21-17-13-4-6-28(25,26)15(13)3-5-19-17/h3,5,9-12H,4,6-8H2,1-2H3,(H,20,24)(H2,19,21,22,23). The number of rotatable bonds is 5. The van der Waals surface area contributed by atoms with Crippen LogP contribution < -0.4 is 10.6 Å². The summed E-state index contributed by atoms with van der Waals surface area (Å²) in [7, 11) is -3.20. The lowest BCUT2D eigenvalue weighted by Crippen LogP contribution is -2.38. The maximum atomic E-state index is 12.0. The molecule has 2 aromatic rings. The number of sulfone groups is 1. The molecule has 0 saturated heterocycles. The van der Waals surface area contributed by atoms with Gasteiger partial charge in [-0.2, -0.15) is 5.10 Å². The van der Waals surface area contributed by atoms with E-state index in [-0.39, 0.29) is 29.9 Å². The van der Waals surface area contributed by atoms with E-state index in [1.807, 2.05) is 19.9 Å². The van der Waals surface area contributed by atoms with E-state index >= 15 is 0 Å². The first kappa shape index (κ1) is 18.7. The Kier molecular flexibility index (Phi) is 4.74. The third-order valence-electron chi connectivity index (χ3n) is 5.03. The van der Waals surface area contributed by atoms with Crippen LogP contribution in [0.15, 0.2) is 23.2 Å². The summed E-state index contributed by atoms with van der Waals surface area (Å²) in [6, 6.07) is 3.48. The van der Waals surface area contributed by atoms with E-state index in [9.17, 15) is 13.2 Å². The van der Waals surface area contributed by atoms with E-state index in [2.05, 4.69) is 25.8 Å². The van der Waals surface area contributed by atoms with Crippen LogP contribution >= 0.6 is 0 Å². The summed E-state index contributed by atoms with van der Waals surface area (Å²) in [6.07, 6.45) is 2.95. The molecule has 0 unspecified atom stereocenters. The molecular weight excluding hydrogens is 382 g/mol. The Bertz CT molecular complexity index is 995. The lowest BCUT2D eigenvalue weighted by atomic mass is 9.80. The van der Waals surface area contributed by atoms with Crippen LogP contribution in [0.25, 0.3) is 0 Å². The molecule has 1 fully saturated rings. The summed E-state index contributed by atoms with van der Waals surface area (Å²) >= 11 is 0. The average Bonchev–Trinajstić information content (AvgIpc) is 3.15. The minimum atomic E-state index is -3.20. The number of carbonyl (C=O) groups is 1. The Morgan fingerprint density at radius 2 is 2.14 bits per heavy atom. The zero-order valence-electron chi connectivity index (χ0n) is 15.7. The molecule has 1 saturated carbocycles. The molecule has 4 rings (SSSR count). The number of carbonyl (C=O) groups excluding carboxylic acids is 1. The maximum Gasteiger partial charge on any atom is 0.407 e. The molecular formula is C18H23N5O4S. The van der Waals surface area contributed by atoms with Gasteiger partial charge in [0.2, 0.25) is 0 Å². The number of pyridine rings is 1. The molecule has 2 aliphatic rings. The third-order valence-corrected chi connectivity index (χ3v) is 6.82. The molecule has 3 N–H and O–H groups in total. The zero-order chi connectivity index (χ0) is 19.9. The van der Waals surface area contributed by atoms with Crippen LogP contribution in [-0.4, -0.2) is 47.6 Å². The van der Waals surface area contributed by atoms with Crippen molar-refractivity contribution in [1.82, 2.24) is 20.5 Å². The number of fused-ring (bicyclic) bond motifs is 1. The number of alkyl carbamates (subject to hydrolysis) is 1. The Morgan fingerprint density at radius 1 is 1.36 bits per heavy atom. The molecule has 0 radical (unpaired) electrons. The van der Waals surface area contributed by atoms with E-state index in [0.29, 0.717) is 28.5 Å². The summed E-state index contributed by atoms with van der Waals surface area (Å²) in [5, 5.41) is 13.1. The van der Waals surface area contributed by atoms with Crippen molar-refractivity contribution in [2.75, 3.05) is 11.1 Å². The highest BCUT2D eigenvalue weighted by atomic mass is 32.2. The lowest BCUT2D eigenvalue weighted by Gasteiger charge is -2.33. The second-order valence-corrected chi connectivity index (χ2v) is 9.61. The van der Waals surface area contributed by atoms with Gasteiger partial charge in [-0.3, -0.25) is 5.10 Å². The molecule has 0 bridgehead atoms. The van der Waals surface area contributed by atoms with Crippen molar-refractivity contribution >= 4 is 27.6 Å². The molecule has 1 aliphatic carbocycles. The normalized spacial score (nSPS) is 22.4. The Balaban J connectivity index is 1.37. The number of H-pyrrole nitrogens is 1. The van der Waals surface area contributed by atoms with Gasteiger partial charge in [0.15, 0.2) is 15.7 Å². The van der Waals surface area contributed by atoms with Crippen LogP contribution in [0.3, 0.4) is 0 Å². The topological polar surface area (TPSA) is 126 Å². The largest absolute Gasteiger partial charge is 0.446 e. The number of nitrogens with one attached hydrogen (secondary N) is 3. The molecule has 9 nitrogen and oxygen atoms in total. The molecule has 0 atom stereocenters. The summed E-state index contributed by atoms with van der Waals surface area (Å²) in [5.41, 5.74) is 1.66. The summed E-state index contributed by atoms with van der Waals surface area (Å²) in [5.74, 6) is 1.47. The Labute approximate surface area is 163 Å². The number of aromatic nitrogens is 3. The first-order chi connectivity index (χ1) is 13.3. The number of ether oxygens (including phenoxy) is 1. The highest BCUT2D eigenvalue weighted by Crippen LogP contribution is 2.39. The summed E-state index contributed by atoms with van der Waals surface area (Å²) in [6.45, 7) is 3.77. The van der Waals surface area contributed by atoms with E-state index in [4.69, 9.17) is 4.74 Å². The second kappa shape index (κ2) is 7.08. The van der Waals surface area contributed by atoms with Crippen molar-refractivity contribution in [3.8, 4) is 0 Å². The zero-order valence-corrected chi connectivity index (χ0v) is 16.5. The molecule has 2 aromatic heterocycles. The van der Waals surface area contributed by atoms with Gasteiger partial charge in [-0.1, -0.05) is 0 Å². The molecule has 28 heavy (non-hydrogen) atoms. The van der Waals surface area contributed by atoms with Gasteiger partial charge in [-0.15, -0.1) is 0 Å². The van der Waals surface area contributed by atoms with Crippen LogP contribution in [0.5, 0.6) is 0 Å². The van der Waals surface area contributed by atoms with Crippen LogP contribution in [-0.2, 0) is 21.0 Å². The van der Waals surface area contributed by atoms with Crippen LogP contribution in [0.4, 0.5) is 16.4 Å². The smallest absolute Gasteiger partial charge is 0.407 e. The van der Waals surface area contributed by atoms with Crippen LogP contribution in [0.2, 0.25) is 0 Å². The summed E-state index contributed by atoms with van der Waals surface area (Å²) < 4.78 is 29.4. The fourth-order valence-electron chi connectivity index (χ4n) is 3.53. The van der Waals surface area contributed by atoms with Crippen LogP contribution in [0.1, 0.15) is 43.9 Å². The van der Waals surface area contributed by atoms with Crippen molar-refractivity contribution < 1.29 is 17.9 Å². The van der Waals surface area contributed by atoms with Crippen molar-refractivity contribution in [1.29, 1.82) is 0 Å². The molecule has 0 spiro atoms. The number of amides is 1. The predicted octanol–water partition coefficient (Wildman–Crippen LogP) is 2.26. The monoisotopic (exact) mass is 405 g/mol. The van der Waals surface area contributed by atoms with Crippen molar-refractivity contribution in [2.45, 2.75) is 56.1 Å². The van der Waals surface area contributed by atoms with Crippen LogP contribution in [0, 0.1) is 0 Å². The fourth-order valence-corrected chi connectivity index (χ4v) is 5.06.